The van der Waals surface area contributed by atoms with Crippen LogP contribution in [0.1, 0.15) is 30.8 Å². The third kappa shape index (κ3) is 2.96. The van der Waals surface area contributed by atoms with Crippen LogP contribution in [0.25, 0.3) is 10.9 Å². The van der Waals surface area contributed by atoms with Gasteiger partial charge >= 0.3 is 0 Å². The molecule has 1 atom stereocenters. The van der Waals surface area contributed by atoms with Crippen LogP contribution < -0.4 is 9.47 Å². The van der Waals surface area contributed by atoms with E-state index in [9.17, 15) is 9.59 Å². The minimum atomic E-state index is -0.933. The second-order valence-electron chi connectivity index (χ2n) is 6.98. The molecule has 0 saturated carbocycles. The highest BCUT2D eigenvalue weighted by atomic mass is 16.5. The summed E-state index contributed by atoms with van der Waals surface area (Å²) in [7, 11) is 4.81. The zero-order valence-corrected chi connectivity index (χ0v) is 16.5. The van der Waals surface area contributed by atoms with Gasteiger partial charge in [-0.25, -0.2) is 0 Å². The number of aromatic nitrogens is 1. The van der Waals surface area contributed by atoms with Gasteiger partial charge in [-0.1, -0.05) is 0 Å². The van der Waals surface area contributed by atoms with E-state index in [-0.39, 0.29) is 11.7 Å². The van der Waals surface area contributed by atoms with E-state index in [0.717, 1.165) is 10.9 Å². The van der Waals surface area contributed by atoms with Gasteiger partial charge in [0.2, 0.25) is 0 Å². The highest BCUT2D eigenvalue weighted by Gasteiger charge is 2.45. The molecule has 1 aromatic carbocycles. The number of hydrogen-bond acceptors (Lipinski definition) is 5. The zero-order valence-electron chi connectivity index (χ0n) is 16.5. The first-order valence-corrected chi connectivity index (χ1v) is 8.95. The molecule has 7 nitrogen and oxygen atoms in total. The average Bonchev–Trinajstić information content (AvgIpc) is 3.03. The molecule has 0 saturated heterocycles. The first-order valence-electron chi connectivity index (χ1n) is 8.95. The Morgan fingerprint density at radius 1 is 1.19 bits per heavy atom. The Morgan fingerprint density at radius 2 is 1.85 bits per heavy atom. The summed E-state index contributed by atoms with van der Waals surface area (Å²) in [5.74, 6) is 1.08. The average molecular weight is 374 g/mol. The first kappa shape index (κ1) is 19.2. The van der Waals surface area contributed by atoms with Crippen LogP contribution in [0.4, 0.5) is 0 Å². The monoisotopic (exact) mass is 374 g/mol. The molecular formula is C20H26N2O5. The number of carbonyl (C=O) groups is 2. The SMILES string of the molecule is COCCCN1C(=O)c2cc3c(OC)ccc(OC)c3n2CC1(C)C(C)=O. The van der Waals surface area contributed by atoms with Crippen LogP contribution in [0, 0.1) is 0 Å². The summed E-state index contributed by atoms with van der Waals surface area (Å²) in [6.45, 7) is 4.71. The summed E-state index contributed by atoms with van der Waals surface area (Å²) in [5, 5.41) is 0.796. The Bertz CT molecular complexity index is 888. The van der Waals surface area contributed by atoms with Crippen LogP contribution in [0.3, 0.4) is 0 Å². The number of nitrogens with zero attached hydrogens (tertiary/aromatic N) is 2. The molecule has 0 radical (unpaired) electrons. The lowest BCUT2D eigenvalue weighted by Crippen LogP contribution is -2.60. The number of benzene rings is 1. The second kappa shape index (κ2) is 7.23. The molecule has 0 N–H and O–H groups in total. The fourth-order valence-corrected chi connectivity index (χ4v) is 3.78. The normalized spacial score (nSPS) is 19.3. The van der Waals surface area contributed by atoms with Gasteiger partial charge in [0.15, 0.2) is 5.78 Å². The minimum Gasteiger partial charge on any atom is -0.496 e. The predicted octanol–water partition coefficient (Wildman–Crippen LogP) is 2.50. The number of rotatable bonds is 7. The van der Waals surface area contributed by atoms with Crippen molar-refractivity contribution in [3.63, 3.8) is 0 Å². The van der Waals surface area contributed by atoms with E-state index in [1.807, 2.05) is 29.7 Å². The van der Waals surface area contributed by atoms with Crippen LogP contribution >= 0.6 is 0 Å². The van der Waals surface area contributed by atoms with Crippen molar-refractivity contribution in [3.05, 3.63) is 23.9 Å². The van der Waals surface area contributed by atoms with Crippen molar-refractivity contribution in [1.29, 1.82) is 0 Å². The maximum absolute atomic E-state index is 13.3. The molecular weight excluding hydrogens is 348 g/mol. The number of amides is 1. The van der Waals surface area contributed by atoms with Gasteiger partial charge in [0.05, 0.1) is 26.3 Å². The lowest BCUT2D eigenvalue weighted by molar-refractivity contribution is -0.128. The van der Waals surface area contributed by atoms with Gasteiger partial charge in [0, 0.05) is 25.6 Å². The quantitative estimate of drug-likeness (QED) is 0.697. The Labute approximate surface area is 158 Å². The van der Waals surface area contributed by atoms with Gasteiger partial charge in [-0.05, 0) is 38.5 Å². The topological polar surface area (TPSA) is 70.0 Å². The Hall–Kier alpha value is -2.54. The molecule has 2 heterocycles. The lowest BCUT2D eigenvalue weighted by Gasteiger charge is -2.43. The molecule has 3 rings (SSSR count). The zero-order chi connectivity index (χ0) is 19.8. The summed E-state index contributed by atoms with van der Waals surface area (Å²) in [6, 6.07) is 5.45. The third-order valence-electron chi connectivity index (χ3n) is 5.44. The molecule has 1 aromatic heterocycles. The van der Waals surface area contributed by atoms with Gasteiger partial charge in [-0.2, -0.15) is 0 Å². The van der Waals surface area contributed by atoms with E-state index >= 15 is 0 Å². The fraction of sp³-hybridized carbons (Fsp3) is 0.500. The third-order valence-corrected chi connectivity index (χ3v) is 5.44. The van der Waals surface area contributed by atoms with Crippen molar-refractivity contribution in [1.82, 2.24) is 9.47 Å². The number of hydrogen-bond donors (Lipinski definition) is 0. The van der Waals surface area contributed by atoms with Crippen LogP contribution in [0.2, 0.25) is 0 Å². The van der Waals surface area contributed by atoms with Crippen molar-refractivity contribution in [2.45, 2.75) is 32.4 Å². The number of Topliss-reactive ketones (excluding diaryl/α,β-unsaturated/α-hetero) is 1. The minimum absolute atomic E-state index is 0.0531. The highest BCUT2D eigenvalue weighted by Crippen LogP contribution is 2.40. The maximum atomic E-state index is 13.3. The first-order chi connectivity index (χ1) is 12.9. The highest BCUT2D eigenvalue weighted by molar-refractivity contribution is 6.05. The van der Waals surface area contributed by atoms with Crippen LogP contribution in [-0.4, -0.2) is 61.2 Å². The summed E-state index contributed by atoms with van der Waals surface area (Å²) in [6.07, 6.45) is 0.665. The van der Waals surface area contributed by atoms with Crippen molar-refractivity contribution < 1.29 is 23.8 Å². The van der Waals surface area contributed by atoms with Gasteiger partial charge in [-0.3, -0.25) is 9.59 Å². The largest absolute Gasteiger partial charge is 0.496 e. The standard InChI is InChI=1S/C20H26N2O5/c1-13(23)20(2)12-21-15(19(24)22(20)9-6-10-25-3)11-14-16(26-4)7-8-17(27-5)18(14)21/h7-8,11H,6,9-10,12H2,1-5H3. The Balaban J connectivity index is 2.19. The molecule has 0 aliphatic carbocycles. The summed E-state index contributed by atoms with van der Waals surface area (Å²) >= 11 is 0. The van der Waals surface area contributed by atoms with E-state index in [2.05, 4.69) is 0 Å². The molecule has 0 spiro atoms. The number of methoxy groups -OCH3 is 3. The number of ether oxygens (including phenoxy) is 3. The number of fused-ring (bicyclic) bond motifs is 3. The van der Waals surface area contributed by atoms with Gasteiger partial charge < -0.3 is 23.7 Å². The van der Waals surface area contributed by atoms with Crippen LogP contribution in [0.5, 0.6) is 11.5 Å². The lowest BCUT2D eigenvalue weighted by atomic mass is 9.91. The molecule has 1 aliphatic rings. The van der Waals surface area contributed by atoms with Gasteiger partial charge in [0.1, 0.15) is 22.7 Å². The summed E-state index contributed by atoms with van der Waals surface area (Å²) in [5.41, 5.74) is 0.367. The van der Waals surface area contributed by atoms with Crippen molar-refractivity contribution >= 4 is 22.6 Å². The molecule has 2 aromatic rings. The molecule has 1 unspecified atom stereocenters. The van der Waals surface area contributed by atoms with Crippen LogP contribution in [0.15, 0.2) is 18.2 Å². The molecule has 0 fully saturated rings. The van der Waals surface area contributed by atoms with E-state index in [4.69, 9.17) is 14.2 Å². The van der Waals surface area contributed by atoms with Crippen molar-refractivity contribution in [2.24, 2.45) is 0 Å². The smallest absolute Gasteiger partial charge is 0.271 e. The molecule has 27 heavy (non-hydrogen) atoms. The summed E-state index contributed by atoms with van der Waals surface area (Å²) in [4.78, 5) is 27.6. The Morgan fingerprint density at radius 3 is 2.44 bits per heavy atom. The van der Waals surface area contributed by atoms with E-state index < -0.39 is 5.54 Å². The number of ketones is 1. The molecule has 1 aliphatic heterocycles. The van der Waals surface area contributed by atoms with Crippen molar-refractivity contribution in [2.75, 3.05) is 34.5 Å². The molecule has 1 amide bonds. The molecule has 7 heteroatoms. The van der Waals surface area contributed by atoms with E-state index in [1.165, 1.54) is 6.92 Å². The van der Waals surface area contributed by atoms with E-state index in [1.54, 1.807) is 26.2 Å². The molecule has 0 bridgehead atoms. The van der Waals surface area contributed by atoms with Crippen LogP contribution in [-0.2, 0) is 16.1 Å². The molecule has 146 valence electrons. The second-order valence-corrected chi connectivity index (χ2v) is 6.98. The summed E-state index contributed by atoms with van der Waals surface area (Å²) < 4.78 is 18.0. The van der Waals surface area contributed by atoms with Gasteiger partial charge in [-0.15, -0.1) is 0 Å². The maximum Gasteiger partial charge on any atom is 0.271 e. The number of carbonyl (C=O) groups excluding carboxylic acids is 2. The Kier molecular flexibility index (Phi) is 5.15. The van der Waals surface area contributed by atoms with Gasteiger partial charge in [0.25, 0.3) is 5.91 Å². The van der Waals surface area contributed by atoms with E-state index in [0.29, 0.717) is 43.3 Å². The fourth-order valence-electron chi connectivity index (χ4n) is 3.78. The predicted molar refractivity (Wildman–Crippen MR) is 102 cm³/mol. The van der Waals surface area contributed by atoms with Crippen molar-refractivity contribution in [3.8, 4) is 11.5 Å².